The molecule has 20 heavy (non-hydrogen) atoms. The van der Waals surface area contributed by atoms with Crippen LogP contribution in [0, 0.1) is 0 Å². The second-order valence-corrected chi connectivity index (χ2v) is 5.27. The summed E-state index contributed by atoms with van der Waals surface area (Å²) in [6.45, 7) is 4.80. The van der Waals surface area contributed by atoms with Gasteiger partial charge in [0.1, 0.15) is 10.7 Å². The maximum absolute atomic E-state index is 12.2. The highest BCUT2D eigenvalue weighted by atomic mass is 32.1. The van der Waals surface area contributed by atoms with Gasteiger partial charge < -0.3 is 16.4 Å². The number of thiazole rings is 1. The van der Waals surface area contributed by atoms with Gasteiger partial charge in [0.15, 0.2) is 5.13 Å². The maximum atomic E-state index is 12.2. The van der Waals surface area contributed by atoms with Crippen molar-refractivity contribution in [3.8, 4) is 0 Å². The van der Waals surface area contributed by atoms with Crippen LogP contribution < -0.4 is 16.4 Å². The van der Waals surface area contributed by atoms with Crippen LogP contribution in [0.5, 0.6) is 0 Å². The summed E-state index contributed by atoms with van der Waals surface area (Å²) in [4.78, 5) is 16.7. The Hall–Kier alpha value is -2.08. The van der Waals surface area contributed by atoms with Crippen molar-refractivity contribution in [2.45, 2.75) is 20.3 Å². The van der Waals surface area contributed by atoms with Crippen molar-refractivity contribution >= 4 is 33.9 Å². The molecule has 0 aliphatic carbocycles. The minimum Gasteiger partial charge on any atom is -0.382 e. The third-order valence-corrected chi connectivity index (χ3v) is 3.84. The number of hydrogen-bond donors (Lipinski definition) is 3. The molecule has 0 spiro atoms. The molecule has 0 unspecified atom stereocenters. The SMILES string of the molecule is CCNc1nc(N)c(C(=O)Nc2ccc(CC)cc2)s1. The van der Waals surface area contributed by atoms with Crippen LogP contribution in [0.15, 0.2) is 24.3 Å². The third kappa shape index (κ3) is 3.27. The maximum Gasteiger partial charge on any atom is 0.269 e. The van der Waals surface area contributed by atoms with E-state index in [1.54, 1.807) is 0 Å². The summed E-state index contributed by atoms with van der Waals surface area (Å²) in [7, 11) is 0. The van der Waals surface area contributed by atoms with E-state index in [9.17, 15) is 4.79 Å². The summed E-state index contributed by atoms with van der Waals surface area (Å²) < 4.78 is 0. The molecular weight excluding hydrogens is 272 g/mol. The van der Waals surface area contributed by atoms with E-state index in [0.717, 1.165) is 18.7 Å². The van der Waals surface area contributed by atoms with E-state index in [2.05, 4.69) is 22.5 Å². The van der Waals surface area contributed by atoms with Crippen molar-refractivity contribution in [1.82, 2.24) is 4.98 Å². The number of amides is 1. The Morgan fingerprint density at radius 1 is 1.30 bits per heavy atom. The monoisotopic (exact) mass is 290 g/mol. The molecule has 0 atom stereocenters. The molecule has 1 heterocycles. The van der Waals surface area contributed by atoms with Gasteiger partial charge in [-0.25, -0.2) is 4.98 Å². The fourth-order valence-corrected chi connectivity index (χ4v) is 2.58. The molecule has 2 aromatic rings. The first-order valence-electron chi connectivity index (χ1n) is 6.54. The largest absolute Gasteiger partial charge is 0.382 e. The molecule has 0 saturated carbocycles. The van der Waals surface area contributed by atoms with Crippen LogP contribution >= 0.6 is 11.3 Å². The first kappa shape index (κ1) is 14.3. The first-order chi connectivity index (χ1) is 9.63. The Morgan fingerprint density at radius 2 is 2.00 bits per heavy atom. The fourth-order valence-electron chi connectivity index (χ4n) is 1.73. The number of anilines is 3. The van der Waals surface area contributed by atoms with E-state index < -0.39 is 0 Å². The molecule has 106 valence electrons. The summed E-state index contributed by atoms with van der Waals surface area (Å²) in [6.07, 6.45) is 0.974. The molecule has 2 rings (SSSR count). The van der Waals surface area contributed by atoms with E-state index in [1.165, 1.54) is 16.9 Å². The minimum atomic E-state index is -0.228. The molecule has 0 bridgehead atoms. The zero-order valence-corrected chi connectivity index (χ0v) is 12.4. The zero-order valence-electron chi connectivity index (χ0n) is 11.6. The molecule has 0 aliphatic heterocycles. The zero-order chi connectivity index (χ0) is 14.5. The first-order valence-corrected chi connectivity index (χ1v) is 7.36. The number of aromatic nitrogens is 1. The third-order valence-electron chi connectivity index (χ3n) is 2.81. The molecule has 5 nitrogen and oxygen atoms in total. The van der Waals surface area contributed by atoms with Crippen LogP contribution in [0.3, 0.4) is 0 Å². The van der Waals surface area contributed by atoms with Crippen molar-refractivity contribution in [3.05, 3.63) is 34.7 Å². The lowest BCUT2D eigenvalue weighted by Gasteiger charge is -2.04. The molecule has 0 aliphatic rings. The lowest BCUT2D eigenvalue weighted by molar-refractivity contribution is 0.103. The number of rotatable bonds is 5. The molecule has 1 amide bonds. The van der Waals surface area contributed by atoms with Gasteiger partial charge in [0.2, 0.25) is 0 Å². The molecule has 4 N–H and O–H groups in total. The molecule has 1 aromatic heterocycles. The van der Waals surface area contributed by atoms with Gasteiger partial charge in [0.25, 0.3) is 5.91 Å². The van der Waals surface area contributed by atoms with E-state index in [-0.39, 0.29) is 11.7 Å². The number of nitrogen functional groups attached to an aromatic ring is 1. The number of nitrogens with zero attached hydrogens (tertiary/aromatic N) is 1. The van der Waals surface area contributed by atoms with Gasteiger partial charge in [-0.1, -0.05) is 30.4 Å². The van der Waals surface area contributed by atoms with Gasteiger partial charge in [-0.3, -0.25) is 4.79 Å². The summed E-state index contributed by atoms with van der Waals surface area (Å²) >= 11 is 1.26. The van der Waals surface area contributed by atoms with Crippen LogP contribution in [-0.2, 0) is 6.42 Å². The lowest BCUT2D eigenvalue weighted by Crippen LogP contribution is -2.12. The van der Waals surface area contributed by atoms with Gasteiger partial charge >= 0.3 is 0 Å². The van der Waals surface area contributed by atoms with Crippen LogP contribution in [0.25, 0.3) is 0 Å². The Bertz CT molecular complexity index is 592. The van der Waals surface area contributed by atoms with Gasteiger partial charge in [-0.05, 0) is 31.0 Å². The number of nitrogens with one attached hydrogen (secondary N) is 2. The second-order valence-electron chi connectivity index (χ2n) is 4.27. The number of aryl methyl sites for hydroxylation is 1. The summed E-state index contributed by atoms with van der Waals surface area (Å²) in [6, 6.07) is 7.77. The number of carbonyl (C=O) groups is 1. The predicted molar refractivity (Wildman–Crippen MR) is 84.5 cm³/mol. The average molecular weight is 290 g/mol. The summed E-state index contributed by atoms with van der Waals surface area (Å²) in [5, 5.41) is 6.54. The Morgan fingerprint density at radius 3 is 2.60 bits per heavy atom. The number of nitrogens with two attached hydrogens (primary N) is 1. The Balaban J connectivity index is 2.10. The van der Waals surface area contributed by atoms with Crippen molar-refractivity contribution in [1.29, 1.82) is 0 Å². The molecule has 6 heteroatoms. The summed E-state index contributed by atoms with van der Waals surface area (Å²) in [5.41, 5.74) is 7.76. The molecule has 0 saturated heterocycles. The predicted octanol–water partition coefficient (Wildman–Crippen LogP) is 2.97. The normalized spacial score (nSPS) is 10.3. The van der Waals surface area contributed by atoms with E-state index in [1.807, 2.05) is 31.2 Å². The number of benzene rings is 1. The van der Waals surface area contributed by atoms with E-state index in [0.29, 0.717) is 10.0 Å². The molecule has 0 radical (unpaired) electrons. The van der Waals surface area contributed by atoms with Gasteiger partial charge in [0.05, 0.1) is 0 Å². The van der Waals surface area contributed by atoms with Gasteiger partial charge in [-0.15, -0.1) is 0 Å². The Labute approximate surface area is 122 Å². The van der Waals surface area contributed by atoms with Gasteiger partial charge in [0, 0.05) is 12.2 Å². The van der Waals surface area contributed by atoms with Crippen LogP contribution in [0.2, 0.25) is 0 Å². The lowest BCUT2D eigenvalue weighted by atomic mass is 10.1. The summed E-state index contributed by atoms with van der Waals surface area (Å²) in [5.74, 6) is 0.0297. The minimum absolute atomic E-state index is 0.228. The van der Waals surface area contributed by atoms with Crippen molar-refractivity contribution in [3.63, 3.8) is 0 Å². The highest BCUT2D eigenvalue weighted by Gasteiger charge is 2.16. The van der Waals surface area contributed by atoms with Crippen molar-refractivity contribution < 1.29 is 4.79 Å². The molecule has 1 aromatic carbocycles. The highest BCUT2D eigenvalue weighted by molar-refractivity contribution is 7.18. The van der Waals surface area contributed by atoms with Gasteiger partial charge in [-0.2, -0.15) is 0 Å². The average Bonchev–Trinajstić information content (AvgIpc) is 2.81. The Kier molecular flexibility index (Phi) is 4.57. The van der Waals surface area contributed by atoms with E-state index >= 15 is 0 Å². The number of carbonyl (C=O) groups excluding carboxylic acids is 1. The standard InChI is InChI=1S/C14H18N4OS/c1-3-9-5-7-10(8-6-9)17-13(19)11-12(15)18-14(20-11)16-4-2/h5-8H,3-4,15H2,1-2H3,(H,16,18)(H,17,19). The smallest absolute Gasteiger partial charge is 0.269 e. The van der Waals surface area contributed by atoms with Crippen molar-refractivity contribution in [2.75, 3.05) is 22.9 Å². The second kappa shape index (κ2) is 6.38. The fraction of sp³-hybridized carbons (Fsp3) is 0.286. The molecular formula is C14H18N4OS. The van der Waals surface area contributed by atoms with Crippen LogP contribution in [0.4, 0.5) is 16.6 Å². The van der Waals surface area contributed by atoms with Crippen molar-refractivity contribution in [2.24, 2.45) is 0 Å². The quantitative estimate of drug-likeness (QED) is 0.791. The van der Waals surface area contributed by atoms with Crippen LogP contribution in [0.1, 0.15) is 29.1 Å². The highest BCUT2D eigenvalue weighted by Crippen LogP contribution is 2.25. The molecule has 0 fully saturated rings. The van der Waals surface area contributed by atoms with E-state index in [4.69, 9.17) is 5.73 Å². The van der Waals surface area contributed by atoms with Crippen LogP contribution in [-0.4, -0.2) is 17.4 Å². The number of hydrogen-bond acceptors (Lipinski definition) is 5. The topological polar surface area (TPSA) is 80.0 Å².